The van der Waals surface area contributed by atoms with Gasteiger partial charge in [0.1, 0.15) is 17.8 Å². The van der Waals surface area contributed by atoms with E-state index in [1.807, 2.05) is 12.1 Å². The first-order valence-corrected chi connectivity index (χ1v) is 11.1. The van der Waals surface area contributed by atoms with Crippen LogP contribution in [0.1, 0.15) is 5.56 Å². The van der Waals surface area contributed by atoms with Crippen molar-refractivity contribution in [2.24, 2.45) is 0 Å². The maximum atomic E-state index is 10.7. The van der Waals surface area contributed by atoms with Crippen LogP contribution in [-0.2, 0) is 26.8 Å². The zero-order valence-corrected chi connectivity index (χ0v) is 16.3. The van der Waals surface area contributed by atoms with Crippen LogP contribution in [0.4, 0.5) is 13.2 Å². The molecule has 0 aliphatic heterocycles. The molecule has 1 atom stereocenters. The molecule has 4 nitrogen and oxygen atoms in total. The lowest BCUT2D eigenvalue weighted by molar-refractivity contribution is -0.0517. The number of phenolic OH excluding ortho intramolecular Hbond substituents is 1. The predicted octanol–water partition coefficient (Wildman–Crippen LogP) is 4.40. The van der Waals surface area contributed by atoms with Crippen molar-refractivity contribution < 1.29 is 31.2 Å². The zero-order chi connectivity index (χ0) is 20.9. The molecule has 9 heteroatoms. The van der Waals surface area contributed by atoms with E-state index in [1.54, 1.807) is 12.1 Å². The van der Waals surface area contributed by atoms with E-state index in [0.29, 0.717) is 5.75 Å². The normalized spacial score (nSPS) is 12.9. The number of halogens is 3. The summed E-state index contributed by atoms with van der Waals surface area (Å²) in [6.45, 7) is 0. The molecule has 1 N–H and O–H groups in total. The molecule has 0 saturated carbocycles. The van der Waals surface area contributed by atoms with Crippen LogP contribution in [0.3, 0.4) is 0 Å². The minimum atomic E-state index is -6.09. The molecular weight excluding hydrogens is 413 g/mol. The van der Waals surface area contributed by atoms with Crippen molar-refractivity contribution in [3.8, 4) is 5.75 Å². The van der Waals surface area contributed by atoms with Gasteiger partial charge < -0.3 is 9.66 Å². The molecule has 1 unspecified atom stereocenters. The van der Waals surface area contributed by atoms with Gasteiger partial charge in [-0.1, -0.05) is 42.5 Å². The van der Waals surface area contributed by atoms with Crippen LogP contribution in [0.15, 0.2) is 71.6 Å². The van der Waals surface area contributed by atoms with E-state index in [-0.39, 0.29) is 10.9 Å². The van der Waals surface area contributed by atoms with E-state index in [9.17, 15) is 18.3 Å². The third kappa shape index (κ3) is 5.88. The van der Waals surface area contributed by atoms with Gasteiger partial charge in [-0.3, -0.25) is 0 Å². The Kier molecular flexibility index (Phi) is 6.97. The molecule has 0 amide bonds. The summed E-state index contributed by atoms with van der Waals surface area (Å²) in [5, 5.41) is 12.0. The minimum absolute atomic E-state index is 0.140. The van der Waals surface area contributed by atoms with Crippen LogP contribution in [0.25, 0.3) is 10.8 Å². The summed E-state index contributed by atoms with van der Waals surface area (Å²) in [7, 11) is -5.95. The maximum Gasteiger partial charge on any atom is 0.485 e. The molecular formula is C19H17F3O4S2. The van der Waals surface area contributed by atoms with Gasteiger partial charge in [0.05, 0.1) is 0 Å². The molecule has 0 fully saturated rings. The Hall–Kier alpha value is -2.23. The number of benzene rings is 3. The number of aromatic hydroxyl groups is 1. The Morgan fingerprint density at radius 3 is 2.07 bits per heavy atom. The lowest BCUT2D eigenvalue weighted by Crippen LogP contribution is -2.21. The van der Waals surface area contributed by atoms with Gasteiger partial charge >= 0.3 is 5.51 Å². The van der Waals surface area contributed by atoms with Crippen LogP contribution in [0.5, 0.6) is 5.75 Å². The van der Waals surface area contributed by atoms with Gasteiger partial charge in [0, 0.05) is 16.5 Å². The summed E-state index contributed by atoms with van der Waals surface area (Å²) in [5.41, 5.74) is -4.26. The summed E-state index contributed by atoms with van der Waals surface area (Å²) in [4.78, 5) is 1.29. The quantitative estimate of drug-likeness (QED) is 0.380. The zero-order valence-electron chi connectivity index (χ0n) is 14.7. The number of hydrogen-bond acceptors (Lipinski definition) is 4. The third-order valence-corrected chi connectivity index (χ3v) is 6.16. The number of rotatable bonds is 3. The Morgan fingerprint density at radius 2 is 1.50 bits per heavy atom. The SMILES string of the molecule is C[S+](Cc1cccc2ccccc12)c1ccc(O)cc1.O=S(=O)([O-])C(F)(F)F. The van der Waals surface area contributed by atoms with Gasteiger partial charge in [0.2, 0.25) is 0 Å². The fraction of sp³-hybridized carbons (Fsp3) is 0.158. The van der Waals surface area contributed by atoms with Gasteiger partial charge in [-0.05, 0) is 35.0 Å². The van der Waals surface area contributed by atoms with Crippen LogP contribution >= 0.6 is 0 Å². The molecule has 0 aromatic heterocycles. The fourth-order valence-corrected chi connectivity index (χ4v) is 3.90. The lowest BCUT2D eigenvalue weighted by atomic mass is 10.1. The highest BCUT2D eigenvalue weighted by atomic mass is 32.2. The Balaban J connectivity index is 0.000000300. The molecule has 0 spiro atoms. The lowest BCUT2D eigenvalue weighted by Gasteiger charge is -2.08. The van der Waals surface area contributed by atoms with Gasteiger partial charge in [-0.25, -0.2) is 8.42 Å². The average Bonchev–Trinajstić information content (AvgIpc) is 2.61. The largest absolute Gasteiger partial charge is 0.741 e. The Morgan fingerprint density at radius 1 is 0.964 bits per heavy atom. The summed E-state index contributed by atoms with van der Waals surface area (Å²) < 4.78 is 58.9. The van der Waals surface area contributed by atoms with Gasteiger partial charge in [-0.2, -0.15) is 13.2 Å². The predicted molar refractivity (Wildman–Crippen MR) is 103 cm³/mol. The van der Waals surface area contributed by atoms with Crippen molar-refractivity contribution in [3.05, 3.63) is 72.3 Å². The first-order chi connectivity index (χ1) is 13.0. The van der Waals surface area contributed by atoms with Gasteiger partial charge in [0.15, 0.2) is 15.0 Å². The first kappa shape index (κ1) is 22.1. The van der Waals surface area contributed by atoms with E-state index in [2.05, 4.69) is 48.7 Å². The minimum Gasteiger partial charge on any atom is -0.741 e. The summed E-state index contributed by atoms with van der Waals surface area (Å²) >= 11 is 0. The molecule has 3 aromatic carbocycles. The molecule has 3 rings (SSSR count). The molecule has 3 aromatic rings. The molecule has 0 aliphatic rings. The first-order valence-electron chi connectivity index (χ1n) is 7.89. The number of alkyl halides is 3. The van der Waals surface area contributed by atoms with Crippen molar-refractivity contribution in [3.63, 3.8) is 0 Å². The highest BCUT2D eigenvalue weighted by Crippen LogP contribution is 2.24. The second kappa shape index (κ2) is 8.85. The molecule has 0 aliphatic carbocycles. The van der Waals surface area contributed by atoms with Crippen molar-refractivity contribution in [1.29, 1.82) is 0 Å². The van der Waals surface area contributed by atoms with Gasteiger partial charge in [0.25, 0.3) is 0 Å². The molecule has 0 bridgehead atoms. The average molecular weight is 430 g/mol. The van der Waals surface area contributed by atoms with Crippen LogP contribution in [-0.4, -0.2) is 29.8 Å². The number of phenols is 1. The summed E-state index contributed by atoms with van der Waals surface area (Å²) in [6.07, 6.45) is 2.26. The van der Waals surface area contributed by atoms with Crippen molar-refractivity contribution in [2.75, 3.05) is 6.26 Å². The molecule has 0 heterocycles. The van der Waals surface area contributed by atoms with E-state index >= 15 is 0 Å². The van der Waals surface area contributed by atoms with E-state index < -0.39 is 15.6 Å². The Labute approximate surface area is 163 Å². The van der Waals surface area contributed by atoms with E-state index in [4.69, 9.17) is 13.0 Å². The summed E-state index contributed by atoms with van der Waals surface area (Å²) in [5.74, 6) is 1.36. The molecule has 0 saturated heterocycles. The number of hydrogen-bond donors (Lipinski definition) is 1. The molecule has 150 valence electrons. The van der Waals surface area contributed by atoms with Crippen LogP contribution in [0.2, 0.25) is 0 Å². The molecule has 28 heavy (non-hydrogen) atoms. The highest BCUT2D eigenvalue weighted by molar-refractivity contribution is 7.95. The van der Waals surface area contributed by atoms with E-state index in [1.165, 1.54) is 21.2 Å². The topological polar surface area (TPSA) is 77.4 Å². The number of fused-ring (bicyclic) bond motifs is 1. The second-order valence-electron chi connectivity index (χ2n) is 5.81. The van der Waals surface area contributed by atoms with Crippen molar-refractivity contribution >= 4 is 31.8 Å². The van der Waals surface area contributed by atoms with Crippen LogP contribution in [0, 0.1) is 0 Å². The summed E-state index contributed by atoms with van der Waals surface area (Å²) in [6, 6.07) is 22.6. The van der Waals surface area contributed by atoms with Gasteiger partial charge in [-0.15, -0.1) is 0 Å². The van der Waals surface area contributed by atoms with Crippen molar-refractivity contribution in [1.82, 2.24) is 0 Å². The third-order valence-electron chi connectivity index (χ3n) is 3.77. The monoisotopic (exact) mass is 430 g/mol. The maximum absolute atomic E-state index is 10.7. The fourth-order valence-electron chi connectivity index (χ4n) is 2.41. The molecule has 0 radical (unpaired) electrons. The smallest absolute Gasteiger partial charge is 0.485 e. The highest BCUT2D eigenvalue weighted by Gasteiger charge is 2.36. The Bertz CT molecular complexity index is 1030. The standard InChI is InChI=1S/C18H16OS.CHF3O3S/c1-20(17-11-9-16(19)10-12-17)13-15-7-4-6-14-5-2-3-8-18(14)15;2-1(3,4)8(5,6)7/h2-12H,13H2,1H3;(H,5,6,7). The van der Waals surface area contributed by atoms with Crippen LogP contribution < -0.4 is 0 Å². The van der Waals surface area contributed by atoms with Crippen molar-refractivity contribution in [2.45, 2.75) is 16.2 Å². The second-order valence-corrected chi connectivity index (χ2v) is 9.22. The van der Waals surface area contributed by atoms with E-state index in [0.717, 1.165) is 5.75 Å².